The molecule has 1 heteroatoms. The zero-order chi connectivity index (χ0) is 15.6. The standard InChI is InChI=1S/C9H20.C7H7.C4H10.Ho/c1-4-6-7-8-9(3)5-2;1-7-5-3-2-4-6-7;1-3-4-2;/h9H,4-8H2,1-3H3;3-6H,1H3;3-4H2,1-2H3;/q;-1;;. The summed E-state index contributed by atoms with van der Waals surface area (Å²) in [6.45, 7) is 13.3. The van der Waals surface area contributed by atoms with Crippen molar-refractivity contribution in [2.24, 2.45) is 5.92 Å². The smallest absolute Gasteiger partial charge is 0 e. The van der Waals surface area contributed by atoms with E-state index in [1.165, 1.54) is 50.5 Å². The van der Waals surface area contributed by atoms with Crippen LogP contribution >= 0.6 is 0 Å². The summed E-state index contributed by atoms with van der Waals surface area (Å²) in [6.07, 6.45) is 9.64. The first-order valence-electron chi connectivity index (χ1n) is 8.54. The SMILES string of the molecule is CCCC.CCCCCC(C)CC.Cc1cc[c-]cc1.[Ho]. The third kappa shape index (κ3) is 25.8. The minimum atomic E-state index is 0. The Hall–Kier alpha value is 0.480. The monoisotopic (exact) mass is 442 g/mol. The normalized spacial score (nSPS) is 10.2. The molecule has 0 fully saturated rings. The van der Waals surface area contributed by atoms with E-state index in [1.54, 1.807) is 0 Å². The van der Waals surface area contributed by atoms with Gasteiger partial charge in [-0.1, -0.05) is 86.5 Å². The van der Waals surface area contributed by atoms with Crippen molar-refractivity contribution < 1.29 is 37.7 Å². The van der Waals surface area contributed by atoms with Crippen molar-refractivity contribution in [2.45, 2.75) is 86.5 Å². The molecule has 1 radical (unpaired) electrons. The molecule has 0 spiro atoms. The Morgan fingerprint density at radius 3 is 1.71 bits per heavy atom. The summed E-state index contributed by atoms with van der Waals surface area (Å²) in [7, 11) is 0. The predicted octanol–water partition coefficient (Wildman–Crippen LogP) is 7.21. The van der Waals surface area contributed by atoms with Crippen molar-refractivity contribution in [2.75, 3.05) is 0 Å². The Balaban J connectivity index is -0.000000242. The van der Waals surface area contributed by atoms with E-state index in [2.05, 4.69) is 47.6 Å². The number of aryl methyl sites for hydroxylation is 1. The van der Waals surface area contributed by atoms with Crippen LogP contribution in [-0.4, -0.2) is 0 Å². The van der Waals surface area contributed by atoms with Crippen molar-refractivity contribution in [1.29, 1.82) is 0 Å². The quantitative estimate of drug-likeness (QED) is 0.248. The fourth-order valence-electron chi connectivity index (χ4n) is 1.42. The fraction of sp³-hybridized carbons (Fsp3) is 0.700. The summed E-state index contributed by atoms with van der Waals surface area (Å²) in [5, 5.41) is 0. The maximum atomic E-state index is 2.93. The predicted molar refractivity (Wildman–Crippen MR) is 94.2 cm³/mol. The zero-order valence-electron chi connectivity index (χ0n) is 15.1. The fourth-order valence-corrected chi connectivity index (χ4v) is 1.42. The van der Waals surface area contributed by atoms with Crippen molar-refractivity contribution in [3.63, 3.8) is 0 Å². The number of hydrogen-bond donors (Lipinski definition) is 0. The van der Waals surface area contributed by atoms with E-state index in [4.69, 9.17) is 0 Å². The van der Waals surface area contributed by atoms with Crippen LogP contribution in [0.5, 0.6) is 0 Å². The average Bonchev–Trinajstić information content (AvgIpc) is 2.49. The van der Waals surface area contributed by atoms with E-state index in [9.17, 15) is 0 Å². The van der Waals surface area contributed by atoms with Crippen molar-refractivity contribution in [1.82, 2.24) is 0 Å². The summed E-state index contributed by atoms with van der Waals surface area (Å²) in [4.78, 5) is 0. The summed E-state index contributed by atoms with van der Waals surface area (Å²) < 4.78 is 0. The first kappa shape index (κ1) is 26.4. The van der Waals surface area contributed by atoms with Crippen LogP contribution in [0.1, 0.15) is 85.1 Å². The Bertz CT molecular complexity index is 254. The Morgan fingerprint density at radius 1 is 0.905 bits per heavy atom. The molecular weight excluding hydrogens is 405 g/mol. The second-order valence-electron chi connectivity index (χ2n) is 5.59. The molecule has 129 valence electrons. The van der Waals surface area contributed by atoms with Crippen LogP contribution in [0, 0.1) is 56.6 Å². The third-order valence-electron chi connectivity index (χ3n) is 3.38. The maximum absolute atomic E-state index is 2.93. The molecule has 0 aliphatic heterocycles. The van der Waals surface area contributed by atoms with Crippen molar-refractivity contribution in [3.05, 3.63) is 35.9 Å². The number of benzene rings is 1. The van der Waals surface area contributed by atoms with Gasteiger partial charge in [-0.3, -0.25) is 0 Å². The minimum absolute atomic E-state index is 0. The Kier molecular flexibility index (Phi) is 28.6. The van der Waals surface area contributed by atoms with E-state index in [0.717, 1.165) is 5.92 Å². The summed E-state index contributed by atoms with van der Waals surface area (Å²) in [5.74, 6) is 0.955. The van der Waals surface area contributed by atoms with E-state index in [-0.39, 0.29) is 37.7 Å². The molecule has 0 heterocycles. The largest absolute Gasteiger partial charge is 0.184 e. The van der Waals surface area contributed by atoms with Crippen molar-refractivity contribution >= 4 is 0 Å². The molecule has 0 aliphatic carbocycles. The van der Waals surface area contributed by atoms with Gasteiger partial charge in [0.15, 0.2) is 0 Å². The van der Waals surface area contributed by atoms with Crippen LogP contribution in [0.15, 0.2) is 24.3 Å². The van der Waals surface area contributed by atoms with Gasteiger partial charge in [-0.15, -0.1) is 0 Å². The van der Waals surface area contributed by atoms with Gasteiger partial charge in [0.1, 0.15) is 0 Å². The van der Waals surface area contributed by atoms with Crippen LogP contribution in [0.2, 0.25) is 0 Å². The van der Waals surface area contributed by atoms with Crippen LogP contribution < -0.4 is 0 Å². The van der Waals surface area contributed by atoms with Gasteiger partial charge >= 0.3 is 0 Å². The molecule has 0 aliphatic rings. The summed E-state index contributed by atoms with van der Waals surface area (Å²) in [6, 6.07) is 10.8. The molecule has 1 aromatic carbocycles. The van der Waals surface area contributed by atoms with Crippen molar-refractivity contribution in [3.8, 4) is 0 Å². The first-order chi connectivity index (χ1) is 9.62. The molecule has 0 amide bonds. The molecule has 1 atom stereocenters. The molecule has 0 saturated heterocycles. The van der Waals surface area contributed by atoms with Crippen LogP contribution in [-0.2, 0) is 0 Å². The van der Waals surface area contributed by atoms with Crippen LogP contribution in [0.4, 0.5) is 0 Å². The van der Waals surface area contributed by atoms with Gasteiger partial charge in [0.25, 0.3) is 0 Å². The van der Waals surface area contributed by atoms with Gasteiger partial charge in [0.05, 0.1) is 0 Å². The topological polar surface area (TPSA) is 0 Å². The average molecular weight is 442 g/mol. The van der Waals surface area contributed by atoms with Crippen LogP contribution in [0.25, 0.3) is 0 Å². The van der Waals surface area contributed by atoms with E-state index in [1.807, 2.05) is 24.3 Å². The van der Waals surface area contributed by atoms with Gasteiger partial charge in [0, 0.05) is 37.7 Å². The van der Waals surface area contributed by atoms with E-state index >= 15 is 0 Å². The summed E-state index contributed by atoms with van der Waals surface area (Å²) in [5.41, 5.74) is 1.29. The first-order valence-corrected chi connectivity index (χ1v) is 8.54. The zero-order valence-corrected chi connectivity index (χ0v) is 17.1. The Labute approximate surface area is 165 Å². The molecule has 0 saturated carbocycles. The Morgan fingerprint density at radius 2 is 1.43 bits per heavy atom. The third-order valence-corrected chi connectivity index (χ3v) is 3.38. The molecule has 1 aromatic rings. The summed E-state index contributed by atoms with van der Waals surface area (Å²) >= 11 is 0. The maximum Gasteiger partial charge on any atom is 0 e. The number of hydrogen-bond acceptors (Lipinski definition) is 0. The number of rotatable bonds is 6. The van der Waals surface area contributed by atoms with Crippen LogP contribution in [0.3, 0.4) is 0 Å². The van der Waals surface area contributed by atoms with Gasteiger partial charge in [-0.2, -0.15) is 35.9 Å². The number of unbranched alkanes of at least 4 members (excludes halogenated alkanes) is 3. The molecule has 21 heavy (non-hydrogen) atoms. The minimum Gasteiger partial charge on any atom is -0.184 e. The van der Waals surface area contributed by atoms with Gasteiger partial charge in [0.2, 0.25) is 0 Å². The second-order valence-corrected chi connectivity index (χ2v) is 5.59. The second kappa shape index (κ2) is 22.8. The molecule has 0 bridgehead atoms. The molecule has 0 aromatic heterocycles. The molecule has 1 unspecified atom stereocenters. The molecule has 0 nitrogen and oxygen atoms in total. The van der Waals surface area contributed by atoms with Gasteiger partial charge in [-0.25, -0.2) is 0 Å². The van der Waals surface area contributed by atoms with E-state index < -0.39 is 0 Å². The molecule has 1 rings (SSSR count). The van der Waals surface area contributed by atoms with Gasteiger partial charge < -0.3 is 0 Å². The van der Waals surface area contributed by atoms with Gasteiger partial charge in [-0.05, 0) is 5.92 Å². The molecular formula is C20H37Ho-. The van der Waals surface area contributed by atoms with E-state index in [0.29, 0.717) is 0 Å². The molecule has 0 N–H and O–H groups in total.